The predicted octanol–water partition coefficient (Wildman–Crippen LogP) is 1.28. The molecule has 0 aromatic heterocycles. The van der Waals surface area contributed by atoms with E-state index in [4.69, 9.17) is 5.26 Å². The van der Waals surface area contributed by atoms with Gasteiger partial charge in [0.1, 0.15) is 0 Å². The van der Waals surface area contributed by atoms with Crippen LogP contribution in [0.25, 0.3) is 0 Å². The topological polar surface area (TPSA) is 39.4 Å². The van der Waals surface area contributed by atoms with Gasteiger partial charge in [0.25, 0.3) is 0 Å². The van der Waals surface area contributed by atoms with Crippen LogP contribution in [-0.2, 0) is 0 Å². The van der Waals surface area contributed by atoms with Crippen molar-refractivity contribution in [1.82, 2.24) is 4.90 Å². The molecule has 1 saturated heterocycles. The Morgan fingerprint density at radius 3 is 3.27 bits per heavy atom. The third kappa shape index (κ3) is 2.12. The average molecular weight is 169 g/mol. The molecule has 0 aromatic rings. The number of nitrogens with zero attached hydrogens (tertiary/aromatic N) is 3. The van der Waals surface area contributed by atoms with E-state index < -0.39 is 0 Å². The van der Waals surface area contributed by atoms with E-state index in [9.17, 15) is 0 Å². The van der Waals surface area contributed by atoms with Crippen molar-refractivity contribution in [2.45, 2.75) is 13.3 Å². The van der Waals surface area contributed by atoms with Gasteiger partial charge in [-0.05, 0) is 13.3 Å². The van der Waals surface area contributed by atoms with Crippen molar-refractivity contribution in [2.24, 2.45) is 4.99 Å². The van der Waals surface area contributed by atoms with Crippen molar-refractivity contribution < 1.29 is 0 Å². The smallest absolute Gasteiger partial charge is 0.208 e. The molecule has 0 unspecified atom stereocenters. The third-order valence-electron chi connectivity index (χ3n) is 1.60. The van der Waals surface area contributed by atoms with Gasteiger partial charge in [-0.15, -0.1) is 4.99 Å². The second-order valence-electron chi connectivity index (χ2n) is 2.28. The zero-order valence-electron chi connectivity index (χ0n) is 6.58. The fourth-order valence-electron chi connectivity index (χ4n) is 1.04. The van der Waals surface area contributed by atoms with Gasteiger partial charge in [0.15, 0.2) is 5.17 Å². The first-order valence-electron chi connectivity index (χ1n) is 3.73. The Labute approximate surface area is 71.1 Å². The zero-order chi connectivity index (χ0) is 8.10. The molecule has 0 saturated carbocycles. The maximum atomic E-state index is 8.35. The van der Waals surface area contributed by atoms with Crippen molar-refractivity contribution in [3.8, 4) is 6.19 Å². The zero-order valence-corrected chi connectivity index (χ0v) is 7.39. The summed E-state index contributed by atoms with van der Waals surface area (Å²) in [6.45, 7) is 4.08. The minimum Gasteiger partial charge on any atom is -0.351 e. The molecule has 0 amide bonds. The minimum atomic E-state index is 0.890. The summed E-state index contributed by atoms with van der Waals surface area (Å²) >= 11 is 1.67. The van der Waals surface area contributed by atoms with Gasteiger partial charge >= 0.3 is 0 Å². The largest absolute Gasteiger partial charge is 0.351 e. The van der Waals surface area contributed by atoms with Crippen molar-refractivity contribution in [3.63, 3.8) is 0 Å². The van der Waals surface area contributed by atoms with Gasteiger partial charge in [-0.25, -0.2) is 0 Å². The van der Waals surface area contributed by atoms with Crippen LogP contribution in [0.4, 0.5) is 0 Å². The third-order valence-corrected chi connectivity index (χ3v) is 2.70. The molecular weight excluding hydrogens is 158 g/mol. The Balaban J connectivity index is 2.60. The molecule has 0 atom stereocenters. The lowest BCUT2D eigenvalue weighted by Crippen LogP contribution is -2.33. The highest BCUT2D eigenvalue weighted by atomic mass is 32.2. The monoisotopic (exact) mass is 169 g/mol. The Bertz CT molecular complexity index is 194. The molecule has 0 radical (unpaired) electrons. The van der Waals surface area contributed by atoms with Crippen LogP contribution in [0, 0.1) is 11.5 Å². The molecule has 0 spiro atoms. The molecule has 0 aromatic carbocycles. The Morgan fingerprint density at radius 1 is 1.82 bits per heavy atom. The quantitative estimate of drug-likeness (QED) is 0.555. The van der Waals surface area contributed by atoms with E-state index in [1.807, 2.05) is 6.19 Å². The van der Waals surface area contributed by atoms with Crippen LogP contribution >= 0.6 is 11.8 Å². The fraction of sp³-hybridized carbons (Fsp3) is 0.714. The van der Waals surface area contributed by atoms with Crippen LogP contribution in [0.1, 0.15) is 13.3 Å². The maximum absolute atomic E-state index is 8.35. The number of nitriles is 1. The average Bonchev–Trinajstić information content (AvgIpc) is 2.06. The molecule has 1 fully saturated rings. The lowest BCUT2D eigenvalue weighted by molar-refractivity contribution is 0.444. The second kappa shape index (κ2) is 4.24. The van der Waals surface area contributed by atoms with Crippen LogP contribution in [0.15, 0.2) is 4.99 Å². The highest BCUT2D eigenvalue weighted by Crippen LogP contribution is 2.16. The van der Waals surface area contributed by atoms with E-state index in [0.29, 0.717) is 0 Å². The molecule has 1 heterocycles. The first-order valence-corrected chi connectivity index (χ1v) is 4.71. The SMILES string of the molecule is CCN1CCCSC1=NC#N. The molecule has 3 nitrogen and oxygen atoms in total. The molecular formula is C7H11N3S. The summed E-state index contributed by atoms with van der Waals surface area (Å²) < 4.78 is 0. The van der Waals surface area contributed by atoms with Crippen molar-refractivity contribution in [3.05, 3.63) is 0 Å². The van der Waals surface area contributed by atoms with Gasteiger partial charge in [-0.2, -0.15) is 5.26 Å². The van der Waals surface area contributed by atoms with Gasteiger partial charge in [-0.1, -0.05) is 11.8 Å². The molecule has 1 rings (SSSR count). The summed E-state index contributed by atoms with van der Waals surface area (Å²) in [5.74, 6) is 1.09. The summed E-state index contributed by atoms with van der Waals surface area (Å²) in [6, 6.07) is 0. The number of rotatable bonds is 1. The summed E-state index contributed by atoms with van der Waals surface area (Å²) in [7, 11) is 0. The normalized spacial score (nSPS) is 21.8. The Hall–Kier alpha value is -0.690. The molecule has 60 valence electrons. The number of thioether (sulfide) groups is 1. The molecule has 1 aliphatic heterocycles. The van der Waals surface area contributed by atoms with Crippen LogP contribution in [0.3, 0.4) is 0 Å². The summed E-state index contributed by atoms with van der Waals surface area (Å²) in [5.41, 5.74) is 0. The molecule has 0 N–H and O–H groups in total. The van der Waals surface area contributed by atoms with Crippen LogP contribution in [0.5, 0.6) is 0 Å². The van der Waals surface area contributed by atoms with Gasteiger partial charge in [0, 0.05) is 18.8 Å². The predicted molar refractivity (Wildman–Crippen MR) is 47.4 cm³/mol. The first-order chi connectivity index (χ1) is 5.38. The fourth-order valence-corrected chi connectivity index (χ4v) is 2.01. The van der Waals surface area contributed by atoms with Crippen LogP contribution < -0.4 is 0 Å². The van der Waals surface area contributed by atoms with Crippen LogP contribution in [0.2, 0.25) is 0 Å². The van der Waals surface area contributed by atoms with Gasteiger partial charge in [0.2, 0.25) is 6.19 Å². The Morgan fingerprint density at radius 2 is 2.64 bits per heavy atom. The summed E-state index contributed by atoms with van der Waals surface area (Å²) in [4.78, 5) is 5.88. The summed E-state index contributed by atoms with van der Waals surface area (Å²) in [5, 5.41) is 9.24. The minimum absolute atomic E-state index is 0.890. The molecule has 1 aliphatic rings. The second-order valence-corrected chi connectivity index (χ2v) is 3.34. The first kappa shape index (κ1) is 8.41. The molecule has 0 aliphatic carbocycles. The maximum Gasteiger partial charge on any atom is 0.208 e. The van der Waals surface area contributed by atoms with E-state index in [-0.39, 0.29) is 0 Å². The van der Waals surface area contributed by atoms with Crippen molar-refractivity contribution in [1.29, 1.82) is 5.26 Å². The molecule has 0 bridgehead atoms. The lowest BCUT2D eigenvalue weighted by Gasteiger charge is -2.27. The number of hydrogen-bond donors (Lipinski definition) is 0. The summed E-state index contributed by atoms with van der Waals surface area (Å²) in [6.07, 6.45) is 3.02. The van der Waals surface area contributed by atoms with Crippen molar-refractivity contribution in [2.75, 3.05) is 18.8 Å². The lowest BCUT2D eigenvalue weighted by atomic mass is 10.4. The van der Waals surface area contributed by atoms with Gasteiger partial charge in [0.05, 0.1) is 0 Å². The highest BCUT2D eigenvalue weighted by molar-refractivity contribution is 8.13. The number of hydrogen-bond acceptors (Lipinski definition) is 3. The van der Waals surface area contributed by atoms with Gasteiger partial charge in [-0.3, -0.25) is 0 Å². The van der Waals surface area contributed by atoms with Crippen molar-refractivity contribution >= 4 is 16.9 Å². The van der Waals surface area contributed by atoms with E-state index in [1.54, 1.807) is 11.8 Å². The van der Waals surface area contributed by atoms with E-state index >= 15 is 0 Å². The molecule has 4 heteroatoms. The Kier molecular flexibility index (Phi) is 3.24. The van der Waals surface area contributed by atoms with E-state index in [2.05, 4.69) is 16.8 Å². The molecule has 11 heavy (non-hydrogen) atoms. The van der Waals surface area contributed by atoms with Gasteiger partial charge < -0.3 is 4.90 Å². The highest BCUT2D eigenvalue weighted by Gasteiger charge is 2.14. The van der Waals surface area contributed by atoms with E-state index in [1.165, 1.54) is 6.42 Å². The number of amidine groups is 1. The van der Waals surface area contributed by atoms with Crippen LogP contribution in [-0.4, -0.2) is 28.9 Å². The van der Waals surface area contributed by atoms with E-state index in [0.717, 1.165) is 24.0 Å². The number of aliphatic imine (C=N–C) groups is 1. The standard InChI is InChI=1S/C7H11N3S/c1-2-10-4-3-5-11-7(10)9-6-8/h2-5H2,1H3.